The average Bonchev–Trinajstić information content (AvgIpc) is 3.14. The van der Waals surface area contributed by atoms with E-state index in [9.17, 15) is 24.6 Å². The number of hydrogen-bond acceptors (Lipinski definition) is 7. The lowest BCUT2D eigenvalue weighted by atomic mass is 9.95. The van der Waals surface area contributed by atoms with Crippen LogP contribution in [0.1, 0.15) is 34.5 Å². The van der Waals surface area contributed by atoms with Crippen LogP contribution in [-0.4, -0.2) is 41.6 Å². The number of benzene rings is 3. The Morgan fingerprint density at radius 3 is 2.23 bits per heavy atom. The molecule has 0 aliphatic carbocycles. The van der Waals surface area contributed by atoms with Crippen LogP contribution >= 0.6 is 0 Å². The Balaban J connectivity index is 1.85. The van der Waals surface area contributed by atoms with E-state index in [4.69, 9.17) is 9.47 Å². The molecule has 2 N–H and O–H groups in total. The van der Waals surface area contributed by atoms with Gasteiger partial charge in [0, 0.05) is 11.3 Å². The third kappa shape index (κ3) is 4.46. The van der Waals surface area contributed by atoms with Crippen LogP contribution in [0, 0.1) is 0 Å². The summed E-state index contributed by atoms with van der Waals surface area (Å²) in [5, 5.41) is 21.2. The van der Waals surface area contributed by atoms with Gasteiger partial charge >= 0.3 is 5.97 Å². The Labute approximate surface area is 201 Å². The zero-order valence-corrected chi connectivity index (χ0v) is 19.1. The minimum absolute atomic E-state index is 0.0600. The molecule has 178 valence electrons. The summed E-state index contributed by atoms with van der Waals surface area (Å²) < 4.78 is 10.1. The van der Waals surface area contributed by atoms with Crippen molar-refractivity contribution in [3.8, 4) is 11.5 Å². The van der Waals surface area contributed by atoms with E-state index < -0.39 is 23.7 Å². The quantitative estimate of drug-likeness (QED) is 0.239. The third-order valence-corrected chi connectivity index (χ3v) is 5.65. The van der Waals surface area contributed by atoms with Gasteiger partial charge in [-0.1, -0.05) is 12.1 Å². The first-order valence-corrected chi connectivity index (χ1v) is 10.9. The maximum Gasteiger partial charge on any atom is 0.338 e. The molecule has 8 nitrogen and oxygen atoms in total. The zero-order chi connectivity index (χ0) is 25.1. The van der Waals surface area contributed by atoms with E-state index >= 15 is 0 Å². The number of amides is 1. The van der Waals surface area contributed by atoms with E-state index in [1.54, 1.807) is 43.3 Å². The fraction of sp³-hybridized carbons (Fsp3) is 0.148. The molecule has 0 radical (unpaired) electrons. The highest BCUT2D eigenvalue weighted by Crippen LogP contribution is 2.42. The number of phenols is 1. The number of ether oxygens (including phenoxy) is 2. The van der Waals surface area contributed by atoms with Crippen LogP contribution in [-0.2, 0) is 14.3 Å². The maximum atomic E-state index is 13.2. The molecule has 1 aliphatic rings. The normalized spacial score (nSPS) is 16.9. The van der Waals surface area contributed by atoms with Crippen LogP contribution in [0.5, 0.6) is 11.5 Å². The van der Waals surface area contributed by atoms with Crippen molar-refractivity contribution in [2.24, 2.45) is 0 Å². The van der Waals surface area contributed by atoms with Crippen molar-refractivity contribution in [2.45, 2.75) is 13.0 Å². The van der Waals surface area contributed by atoms with Gasteiger partial charge in [0.2, 0.25) is 0 Å². The second-order valence-electron chi connectivity index (χ2n) is 7.76. The molecule has 3 aromatic carbocycles. The minimum atomic E-state index is -1.02. The number of aromatic hydroxyl groups is 1. The predicted octanol–water partition coefficient (Wildman–Crippen LogP) is 4.20. The van der Waals surface area contributed by atoms with Crippen LogP contribution in [0.25, 0.3) is 5.76 Å². The molecule has 0 aromatic heterocycles. The molecule has 0 saturated carbocycles. The summed E-state index contributed by atoms with van der Waals surface area (Å²) in [4.78, 5) is 39.6. The Morgan fingerprint density at radius 1 is 0.971 bits per heavy atom. The topological polar surface area (TPSA) is 113 Å². The molecule has 1 amide bonds. The number of hydrogen-bond donors (Lipinski definition) is 2. The van der Waals surface area contributed by atoms with Crippen LogP contribution in [0.15, 0.2) is 78.4 Å². The molecule has 1 unspecified atom stereocenters. The van der Waals surface area contributed by atoms with Crippen molar-refractivity contribution >= 4 is 29.1 Å². The molecule has 8 heteroatoms. The van der Waals surface area contributed by atoms with E-state index in [2.05, 4.69) is 0 Å². The van der Waals surface area contributed by atoms with Crippen LogP contribution in [0.3, 0.4) is 0 Å². The van der Waals surface area contributed by atoms with Gasteiger partial charge in [0.15, 0.2) is 0 Å². The summed E-state index contributed by atoms with van der Waals surface area (Å²) in [7, 11) is 1.51. The number of anilines is 1. The molecular formula is C27H23NO7. The van der Waals surface area contributed by atoms with Crippen molar-refractivity contribution in [1.82, 2.24) is 0 Å². The number of methoxy groups -OCH3 is 1. The minimum Gasteiger partial charge on any atom is -0.508 e. The highest BCUT2D eigenvalue weighted by molar-refractivity contribution is 6.51. The van der Waals surface area contributed by atoms with Gasteiger partial charge in [-0.2, -0.15) is 0 Å². The van der Waals surface area contributed by atoms with Gasteiger partial charge < -0.3 is 19.7 Å². The number of ketones is 1. The summed E-state index contributed by atoms with van der Waals surface area (Å²) in [6.07, 6.45) is 0. The Bertz CT molecular complexity index is 1310. The summed E-state index contributed by atoms with van der Waals surface area (Å²) in [5.41, 5.74) is 1.25. The SMILES string of the molecule is CCOC(=O)c1ccc(N2C(=O)C(=O)/C(=C(/O)c3ccc(OC)cc3)C2c2cccc(O)c2)cc1. The first-order chi connectivity index (χ1) is 16.8. The summed E-state index contributed by atoms with van der Waals surface area (Å²) in [5.74, 6) is -2.09. The number of nitrogens with zero attached hydrogens (tertiary/aromatic N) is 1. The van der Waals surface area contributed by atoms with Gasteiger partial charge in [-0.15, -0.1) is 0 Å². The number of carbonyl (C=O) groups is 3. The molecule has 1 fully saturated rings. The van der Waals surface area contributed by atoms with Gasteiger partial charge in [-0.3, -0.25) is 14.5 Å². The third-order valence-electron chi connectivity index (χ3n) is 5.65. The number of aliphatic hydroxyl groups excluding tert-OH is 1. The molecular weight excluding hydrogens is 450 g/mol. The van der Waals surface area contributed by atoms with Gasteiger partial charge in [-0.05, 0) is 73.2 Å². The largest absolute Gasteiger partial charge is 0.508 e. The zero-order valence-electron chi connectivity index (χ0n) is 19.1. The number of phenolic OH excluding ortho intramolecular Hbond substituents is 1. The van der Waals surface area contributed by atoms with Crippen molar-refractivity contribution in [1.29, 1.82) is 0 Å². The number of Topliss-reactive ketones (excluding diaryl/α,β-unsaturated/α-hetero) is 1. The lowest BCUT2D eigenvalue weighted by molar-refractivity contribution is -0.132. The molecule has 35 heavy (non-hydrogen) atoms. The summed E-state index contributed by atoms with van der Waals surface area (Å²) in [6.45, 7) is 1.92. The number of rotatable bonds is 6. The first-order valence-electron chi connectivity index (χ1n) is 10.9. The molecule has 1 aliphatic heterocycles. The second kappa shape index (κ2) is 9.72. The Morgan fingerprint density at radius 2 is 1.63 bits per heavy atom. The fourth-order valence-electron chi connectivity index (χ4n) is 3.99. The summed E-state index contributed by atoms with van der Waals surface area (Å²) in [6, 6.07) is 17.6. The second-order valence-corrected chi connectivity index (χ2v) is 7.76. The van der Waals surface area contributed by atoms with E-state index in [-0.39, 0.29) is 23.7 Å². The van der Waals surface area contributed by atoms with Crippen LogP contribution < -0.4 is 9.64 Å². The number of aliphatic hydroxyl groups is 1. The highest BCUT2D eigenvalue weighted by atomic mass is 16.5. The molecule has 1 atom stereocenters. The van der Waals surface area contributed by atoms with Crippen molar-refractivity contribution in [2.75, 3.05) is 18.6 Å². The lowest BCUT2D eigenvalue weighted by Gasteiger charge is -2.25. The molecule has 1 heterocycles. The van der Waals surface area contributed by atoms with Crippen molar-refractivity contribution in [3.63, 3.8) is 0 Å². The van der Waals surface area contributed by atoms with Gasteiger partial charge in [0.05, 0.1) is 30.9 Å². The van der Waals surface area contributed by atoms with E-state index in [1.807, 2.05) is 0 Å². The molecule has 1 saturated heterocycles. The molecule has 0 bridgehead atoms. The molecule has 0 spiro atoms. The van der Waals surface area contributed by atoms with Crippen molar-refractivity contribution in [3.05, 3.63) is 95.1 Å². The molecule has 3 aromatic rings. The van der Waals surface area contributed by atoms with Gasteiger partial charge in [-0.25, -0.2) is 4.79 Å². The van der Waals surface area contributed by atoms with Crippen LogP contribution in [0.4, 0.5) is 5.69 Å². The number of esters is 1. The number of carbonyl (C=O) groups excluding carboxylic acids is 3. The molecule has 4 rings (SSSR count). The Hall–Kier alpha value is -4.59. The van der Waals surface area contributed by atoms with Gasteiger partial charge in [0.1, 0.15) is 17.3 Å². The summed E-state index contributed by atoms with van der Waals surface area (Å²) >= 11 is 0. The fourth-order valence-corrected chi connectivity index (χ4v) is 3.99. The standard InChI is InChI=1S/C27H23NO7/c1-3-35-27(33)17-7-11-19(12-8-17)28-23(18-5-4-6-20(29)15-18)22(25(31)26(28)32)24(30)16-9-13-21(34-2)14-10-16/h4-15,23,29-30H,3H2,1-2H3/b24-22+. The Kier molecular flexibility index (Phi) is 6.55. The average molecular weight is 473 g/mol. The maximum absolute atomic E-state index is 13.2. The highest BCUT2D eigenvalue weighted by Gasteiger charge is 2.47. The predicted molar refractivity (Wildman–Crippen MR) is 128 cm³/mol. The van der Waals surface area contributed by atoms with Gasteiger partial charge in [0.25, 0.3) is 11.7 Å². The first kappa shape index (κ1) is 23.6. The monoisotopic (exact) mass is 473 g/mol. The van der Waals surface area contributed by atoms with E-state index in [0.717, 1.165) is 0 Å². The van der Waals surface area contributed by atoms with Crippen molar-refractivity contribution < 1.29 is 34.1 Å². The smallest absolute Gasteiger partial charge is 0.338 e. The van der Waals surface area contributed by atoms with E-state index in [0.29, 0.717) is 28.1 Å². The lowest BCUT2D eigenvalue weighted by Crippen LogP contribution is -2.29. The van der Waals surface area contributed by atoms with E-state index in [1.165, 1.54) is 48.4 Å². The van der Waals surface area contributed by atoms with Crippen LogP contribution in [0.2, 0.25) is 0 Å².